The Labute approximate surface area is 149 Å². The van der Waals surface area contributed by atoms with Crippen LogP contribution in [0, 0.1) is 0 Å². The largest absolute Gasteiger partial charge is 0.294 e. The van der Waals surface area contributed by atoms with E-state index in [0.29, 0.717) is 0 Å². The van der Waals surface area contributed by atoms with Crippen molar-refractivity contribution >= 4 is 11.6 Å². The third-order valence-corrected chi connectivity index (χ3v) is 4.75. The third kappa shape index (κ3) is 3.49. The maximum atomic E-state index is 13.0. The lowest BCUT2D eigenvalue weighted by atomic mass is 9.76. The van der Waals surface area contributed by atoms with Gasteiger partial charge in [0.15, 0.2) is 0 Å². The first-order chi connectivity index (χ1) is 11.8. The molecule has 1 aliphatic rings. The molecule has 2 aromatic carbocycles. The minimum absolute atomic E-state index is 0.150. The van der Waals surface area contributed by atoms with Crippen LogP contribution in [-0.4, -0.2) is 17.2 Å². The molecule has 1 heterocycles. The van der Waals surface area contributed by atoms with E-state index in [4.69, 9.17) is 0 Å². The minimum Gasteiger partial charge on any atom is -0.294 e. The lowest BCUT2D eigenvalue weighted by molar-refractivity contribution is -0.128. The van der Waals surface area contributed by atoms with Gasteiger partial charge in [-0.25, -0.2) is 5.43 Å². The summed E-state index contributed by atoms with van der Waals surface area (Å²) in [5, 5.41) is 7.82. The lowest BCUT2D eigenvalue weighted by Crippen LogP contribution is -2.62. The summed E-state index contributed by atoms with van der Waals surface area (Å²) < 4.78 is 0. The molecule has 0 saturated carbocycles. The number of fused-ring (bicyclic) bond motifs is 1. The van der Waals surface area contributed by atoms with Gasteiger partial charge in [0.05, 0.1) is 5.71 Å². The van der Waals surface area contributed by atoms with Gasteiger partial charge in [0, 0.05) is 5.54 Å². The molecule has 0 radical (unpaired) electrons. The molecule has 1 amide bonds. The van der Waals surface area contributed by atoms with Crippen LogP contribution in [0.2, 0.25) is 0 Å². The minimum atomic E-state index is -0.821. The Morgan fingerprint density at radius 1 is 1.04 bits per heavy atom. The Bertz CT molecular complexity index is 811. The fourth-order valence-electron chi connectivity index (χ4n) is 3.60. The number of rotatable bonds is 3. The van der Waals surface area contributed by atoms with E-state index in [2.05, 4.69) is 35.8 Å². The zero-order chi connectivity index (χ0) is 18.1. The van der Waals surface area contributed by atoms with Gasteiger partial charge in [-0.2, -0.15) is 5.10 Å². The predicted molar refractivity (Wildman–Crippen MR) is 102 cm³/mol. The monoisotopic (exact) mass is 335 g/mol. The van der Waals surface area contributed by atoms with Crippen molar-refractivity contribution in [3.05, 3.63) is 71.3 Å². The topological polar surface area (TPSA) is 53.5 Å². The molecule has 2 aromatic rings. The van der Waals surface area contributed by atoms with E-state index in [0.717, 1.165) is 23.3 Å². The molecule has 0 fully saturated rings. The zero-order valence-corrected chi connectivity index (χ0v) is 15.3. The van der Waals surface area contributed by atoms with Gasteiger partial charge in [0.25, 0.3) is 5.91 Å². The van der Waals surface area contributed by atoms with E-state index >= 15 is 0 Å². The second kappa shape index (κ2) is 6.45. The van der Waals surface area contributed by atoms with E-state index in [-0.39, 0.29) is 11.4 Å². The number of carbonyl (C=O) groups is 1. The number of nitrogens with one attached hydrogen (secondary N) is 2. The Kier molecular flexibility index (Phi) is 4.48. The number of hydrogen-bond acceptors (Lipinski definition) is 3. The summed E-state index contributed by atoms with van der Waals surface area (Å²) in [6.45, 7) is 8.06. The smallest absolute Gasteiger partial charge is 0.264 e. The molecule has 1 unspecified atom stereocenters. The number of hydrazone groups is 1. The van der Waals surface area contributed by atoms with Crippen molar-refractivity contribution < 1.29 is 4.79 Å². The highest BCUT2D eigenvalue weighted by Gasteiger charge is 2.44. The molecular weight excluding hydrogens is 310 g/mol. The van der Waals surface area contributed by atoms with Crippen LogP contribution in [-0.2, 0) is 16.8 Å². The second-order valence-corrected chi connectivity index (χ2v) is 7.47. The Balaban J connectivity index is 1.88. The average Bonchev–Trinajstić information content (AvgIpc) is 2.59. The Hall–Kier alpha value is -2.46. The van der Waals surface area contributed by atoms with Crippen LogP contribution >= 0.6 is 0 Å². The van der Waals surface area contributed by atoms with Crippen molar-refractivity contribution in [2.75, 3.05) is 0 Å². The number of carbonyl (C=O) groups excluding carboxylic acids is 1. The first-order valence-corrected chi connectivity index (χ1v) is 8.60. The zero-order valence-electron chi connectivity index (χ0n) is 15.3. The van der Waals surface area contributed by atoms with Gasteiger partial charge in [0.1, 0.15) is 5.54 Å². The van der Waals surface area contributed by atoms with Crippen LogP contribution in [0.1, 0.15) is 44.4 Å². The van der Waals surface area contributed by atoms with E-state index < -0.39 is 5.54 Å². The predicted octanol–water partition coefficient (Wildman–Crippen LogP) is 3.37. The summed E-state index contributed by atoms with van der Waals surface area (Å²) >= 11 is 0. The maximum absolute atomic E-state index is 13.0. The molecule has 3 rings (SSSR count). The van der Waals surface area contributed by atoms with Gasteiger partial charge >= 0.3 is 0 Å². The molecule has 0 aliphatic carbocycles. The lowest BCUT2D eigenvalue weighted by Gasteiger charge is -2.44. The summed E-state index contributed by atoms with van der Waals surface area (Å²) in [4.78, 5) is 13.0. The number of hydrogen-bond donors (Lipinski definition) is 2. The molecule has 4 nitrogen and oxygen atoms in total. The first kappa shape index (κ1) is 17.4. The van der Waals surface area contributed by atoms with Crippen LogP contribution in [0.4, 0.5) is 0 Å². The van der Waals surface area contributed by atoms with Crippen molar-refractivity contribution in [1.82, 2.24) is 10.7 Å². The van der Waals surface area contributed by atoms with E-state index in [1.54, 1.807) is 0 Å². The van der Waals surface area contributed by atoms with Crippen molar-refractivity contribution in [3.8, 4) is 0 Å². The Morgan fingerprint density at radius 3 is 2.40 bits per heavy atom. The summed E-state index contributed by atoms with van der Waals surface area (Å²) in [6.07, 6.45) is 0.887. The summed E-state index contributed by atoms with van der Waals surface area (Å²) in [6, 6.07) is 17.9. The normalized spacial score (nSPS) is 22.2. The molecule has 1 aliphatic heterocycles. The highest BCUT2D eigenvalue weighted by Crippen LogP contribution is 2.34. The standard InChI is InChI=1S/C21H25N3O/c1-15(16-10-6-5-7-11-16)22-23-19(25)21(4)18-13-9-8-12-17(18)14-20(2,3)24-21/h5-13,24H,14H2,1-4H3,(H,23,25). The molecule has 130 valence electrons. The van der Waals surface area contributed by atoms with Crippen molar-refractivity contribution in [2.24, 2.45) is 5.10 Å². The van der Waals surface area contributed by atoms with Crippen molar-refractivity contribution in [3.63, 3.8) is 0 Å². The van der Waals surface area contributed by atoms with Gasteiger partial charge in [-0.3, -0.25) is 10.1 Å². The molecular formula is C21H25N3O. The van der Waals surface area contributed by atoms with Crippen LogP contribution in [0.25, 0.3) is 0 Å². The quantitative estimate of drug-likeness (QED) is 0.667. The summed E-state index contributed by atoms with van der Waals surface area (Å²) in [5.74, 6) is -0.150. The molecule has 1 atom stereocenters. The average molecular weight is 335 g/mol. The van der Waals surface area contributed by atoms with Crippen molar-refractivity contribution in [1.29, 1.82) is 0 Å². The molecule has 0 aromatic heterocycles. The fourth-order valence-corrected chi connectivity index (χ4v) is 3.60. The molecule has 25 heavy (non-hydrogen) atoms. The second-order valence-electron chi connectivity index (χ2n) is 7.47. The fraction of sp³-hybridized carbons (Fsp3) is 0.333. The van der Waals surface area contributed by atoms with Crippen molar-refractivity contribution in [2.45, 2.75) is 45.2 Å². The van der Waals surface area contributed by atoms with E-state index in [1.165, 1.54) is 5.56 Å². The van der Waals surface area contributed by atoms with E-state index in [9.17, 15) is 4.79 Å². The van der Waals surface area contributed by atoms with E-state index in [1.807, 2.05) is 62.4 Å². The number of benzene rings is 2. The molecule has 0 bridgehead atoms. The van der Waals surface area contributed by atoms with Crippen LogP contribution in [0.5, 0.6) is 0 Å². The first-order valence-electron chi connectivity index (χ1n) is 8.60. The van der Waals surface area contributed by atoms with Gasteiger partial charge in [-0.15, -0.1) is 0 Å². The maximum Gasteiger partial charge on any atom is 0.264 e. The van der Waals surface area contributed by atoms with Crippen LogP contribution in [0.3, 0.4) is 0 Å². The highest BCUT2D eigenvalue weighted by atomic mass is 16.2. The van der Waals surface area contributed by atoms with Gasteiger partial charge < -0.3 is 0 Å². The molecule has 0 spiro atoms. The SMILES string of the molecule is CC(=NNC(=O)C1(C)NC(C)(C)Cc2ccccc21)c1ccccc1. The van der Waals surface area contributed by atoms with Gasteiger partial charge in [-0.05, 0) is 50.8 Å². The van der Waals surface area contributed by atoms with Crippen LogP contribution < -0.4 is 10.7 Å². The summed E-state index contributed by atoms with van der Waals surface area (Å²) in [7, 11) is 0. The van der Waals surface area contributed by atoms with Gasteiger partial charge in [-0.1, -0.05) is 54.6 Å². The highest BCUT2D eigenvalue weighted by molar-refractivity contribution is 5.99. The van der Waals surface area contributed by atoms with Crippen LogP contribution in [0.15, 0.2) is 59.7 Å². The summed E-state index contributed by atoms with van der Waals surface area (Å²) in [5.41, 5.74) is 5.75. The number of nitrogens with zero attached hydrogens (tertiary/aromatic N) is 1. The number of amides is 1. The molecule has 4 heteroatoms. The third-order valence-electron chi connectivity index (χ3n) is 4.75. The molecule has 0 saturated heterocycles. The van der Waals surface area contributed by atoms with Gasteiger partial charge in [0.2, 0.25) is 0 Å². The Morgan fingerprint density at radius 2 is 1.68 bits per heavy atom. The molecule has 2 N–H and O–H groups in total.